The number of hydrogen-bond acceptors (Lipinski definition) is 2. The van der Waals surface area contributed by atoms with E-state index in [9.17, 15) is 4.79 Å². The first-order valence-corrected chi connectivity index (χ1v) is 6.80. The fraction of sp³-hybridized carbons (Fsp3) is 0.923. The Morgan fingerprint density at radius 2 is 2.00 bits per heavy atom. The van der Waals surface area contributed by atoms with Crippen molar-refractivity contribution in [3.63, 3.8) is 0 Å². The predicted octanol–water partition coefficient (Wildman–Crippen LogP) is 1.82. The maximum Gasteiger partial charge on any atom is 0.234 e. The summed E-state index contributed by atoms with van der Waals surface area (Å²) in [6.45, 7) is 2.78. The van der Waals surface area contributed by atoms with Crippen molar-refractivity contribution in [3.05, 3.63) is 0 Å². The quantitative estimate of drug-likeness (QED) is 0.748. The highest BCUT2D eigenvalue weighted by molar-refractivity contribution is 5.78. The van der Waals surface area contributed by atoms with E-state index in [2.05, 4.69) is 17.6 Å². The molecule has 2 atom stereocenters. The lowest BCUT2D eigenvalue weighted by molar-refractivity contribution is -0.120. The molecule has 0 aliphatic heterocycles. The van der Waals surface area contributed by atoms with Crippen molar-refractivity contribution in [2.75, 3.05) is 6.54 Å². The average Bonchev–Trinajstić information content (AvgIpc) is 3.10. The largest absolute Gasteiger partial charge is 0.352 e. The molecule has 2 aliphatic rings. The first-order valence-electron chi connectivity index (χ1n) is 6.80. The van der Waals surface area contributed by atoms with Gasteiger partial charge in [-0.25, -0.2) is 0 Å². The SMILES string of the molecule is CCC1CCCC(NCC(=O)NC2CC2)C1. The lowest BCUT2D eigenvalue weighted by atomic mass is 9.84. The number of rotatable bonds is 5. The lowest BCUT2D eigenvalue weighted by Crippen LogP contribution is -2.41. The summed E-state index contributed by atoms with van der Waals surface area (Å²) in [7, 11) is 0. The third kappa shape index (κ3) is 3.78. The Labute approximate surface area is 98.4 Å². The van der Waals surface area contributed by atoms with Gasteiger partial charge < -0.3 is 10.6 Å². The summed E-state index contributed by atoms with van der Waals surface area (Å²) in [6, 6.07) is 1.06. The second-order valence-corrected chi connectivity index (χ2v) is 5.36. The van der Waals surface area contributed by atoms with Gasteiger partial charge in [-0.2, -0.15) is 0 Å². The Balaban J connectivity index is 1.62. The second-order valence-electron chi connectivity index (χ2n) is 5.36. The van der Waals surface area contributed by atoms with E-state index >= 15 is 0 Å². The molecule has 2 aliphatic carbocycles. The molecule has 0 spiro atoms. The normalized spacial score (nSPS) is 30.1. The molecule has 16 heavy (non-hydrogen) atoms. The minimum Gasteiger partial charge on any atom is -0.352 e. The van der Waals surface area contributed by atoms with Crippen LogP contribution in [0.3, 0.4) is 0 Å². The van der Waals surface area contributed by atoms with Crippen LogP contribution in [0.1, 0.15) is 51.9 Å². The van der Waals surface area contributed by atoms with E-state index in [4.69, 9.17) is 0 Å². The van der Waals surface area contributed by atoms with Gasteiger partial charge in [-0.05, 0) is 31.6 Å². The maximum atomic E-state index is 11.5. The van der Waals surface area contributed by atoms with Crippen LogP contribution in [0.15, 0.2) is 0 Å². The van der Waals surface area contributed by atoms with Crippen molar-refractivity contribution in [2.45, 2.75) is 64.0 Å². The van der Waals surface area contributed by atoms with Crippen molar-refractivity contribution in [3.8, 4) is 0 Å². The Bertz CT molecular complexity index is 238. The van der Waals surface area contributed by atoms with Crippen molar-refractivity contribution in [2.24, 2.45) is 5.92 Å². The van der Waals surface area contributed by atoms with Crippen LogP contribution < -0.4 is 10.6 Å². The van der Waals surface area contributed by atoms with Crippen molar-refractivity contribution < 1.29 is 4.79 Å². The van der Waals surface area contributed by atoms with E-state index in [-0.39, 0.29) is 5.91 Å². The summed E-state index contributed by atoms with van der Waals surface area (Å²) in [4.78, 5) is 11.5. The molecule has 2 rings (SSSR count). The van der Waals surface area contributed by atoms with Gasteiger partial charge in [0, 0.05) is 12.1 Å². The monoisotopic (exact) mass is 224 g/mol. The fourth-order valence-corrected chi connectivity index (χ4v) is 2.59. The third-order valence-electron chi connectivity index (χ3n) is 3.85. The van der Waals surface area contributed by atoms with E-state index in [0.717, 1.165) is 5.92 Å². The molecule has 92 valence electrons. The smallest absolute Gasteiger partial charge is 0.234 e. The van der Waals surface area contributed by atoms with Crippen LogP contribution in [0.5, 0.6) is 0 Å². The van der Waals surface area contributed by atoms with Crippen molar-refractivity contribution in [1.29, 1.82) is 0 Å². The minimum absolute atomic E-state index is 0.182. The van der Waals surface area contributed by atoms with Crippen molar-refractivity contribution in [1.82, 2.24) is 10.6 Å². The molecule has 2 fully saturated rings. The van der Waals surface area contributed by atoms with Gasteiger partial charge in [-0.1, -0.05) is 26.2 Å². The highest BCUT2D eigenvalue weighted by Crippen LogP contribution is 2.26. The first-order chi connectivity index (χ1) is 7.78. The zero-order valence-corrected chi connectivity index (χ0v) is 10.3. The summed E-state index contributed by atoms with van der Waals surface area (Å²) >= 11 is 0. The Kier molecular flexibility index (Phi) is 4.22. The van der Waals surface area contributed by atoms with Gasteiger partial charge in [0.1, 0.15) is 0 Å². The summed E-state index contributed by atoms with van der Waals surface area (Å²) in [5.41, 5.74) is 0. The lowest BCUT2D eigenvalue weighted by Gasteiger charge is -2.29. The van der Waals surface area contributed by atoms with Crippen LogP contribution in [-0.2, 0) is 4.79 Å². The summed E-state index contributed by atoms with van der Waals surface area (Å²) in [5.74, 6) is 1.05. The van der Waals surface area contributed by atoms with Gasteiger partial charge in [0.25, 0.3) is 0 Å². The van der Waals surface area contributed by atoms with E-state index < -0.39 is 0 Å². The molecule has 0 aromatic heterocycles. The number of hydrogen-bond donors (Lipinski definition) is 2. The molecule has 0 aromatic carbocycles. The van der Waals surface area contributed by atoms with E-state index in [1.54, 1.807) is 0 Å². The van der Waals surface area contributed by atoms with Gasteiger partial charge in [0.15, 0.2) is 0 Å². The van der Waals surface area contributed by atoms with Crippen molar-refractivity contribution >= 4 is 5.91 Å². The molecular weight excluding hydrogens is 200 g/mol. The molecule has 1 amide bonds. The number of carbonyl (C=O) groups is 1. The van der Waals surface area contributed by atoms with Crippen LogP contribution in [-0.4, -0.2) is 24.5 Å². The number of nitrogens with one attached hydrogen (secondary N) is 2. The fourth-order valence-electron chi connectivity index (χ4n) is 2.59. The van der Waals surface area contributed by atoms with Gasteiger partial charge in [-0.15, -0.1) is 0 Å². The van der Waals surface area contributed by atoms with E-state index in [0.29, 0.717) is 18.6 Å². The minimum atomic E-state index is 0.182. The number of amides is 1. The van der Waals surface area contributed by atoms with Gasteiger partial charge in [0.05, 0.1) is 6.54 Å². The molecule has 0 radical (unpaired) electrons. The zero-order chi connectivity index (χ0) is 11.4. The Morgan fingerprint density at radius 3 is 2.69 bits per heavy atom. The number of carbonyl (C=O) groups excluding carboxylic acids is 1. The third-order valence-corrected chi connectivity index (χ3v) is 3.85. The zero-order valence-electron chi connectivity index (χ0n) is 10.3. The van der Waals surface area contributed by atoms with Crippen LogP contribution in [0.2, 0.25) is 0 Å². The molecule has 0 saturated heterocycles. The second kappa shape index (κ2) is 5.67. The molecule has 0 aromatic rings. The Hall–Kier alpha value is -0.570. The van der Waals surface area contributed by atoms with E-state index in [1.165, 1.54) is 44.9 Å². The van der Waals surface area contributed by atoms with E-state index in [1.807, 2.05) is 0 Å². The molecule has 2 saturated carbocycles. The maximum absolute atomic E-state index is 11.5. The molecule has 3 heteroatoms. The van der Waals surface area contributed by atoms with Gasteiger partial charge in [-0.3, -0.25) is 4.79 Å². The molecular formula is C13H24N2O. The highest BCUT2D eigenvalue weighted by Gasteiger charge is 2.24. The Morgan fingerprint density at radius 1 is 1.19 bits per heavy atom. The average molecular weight is 224 g/mol. The molecule has 0 bridgehead atoms. The molecule has 2 N–H and O–H groups in total. The first kappa shape index (κ1) is 11.9. The van der Waals surface area contributed by atoms with Crippen LogP contribution >= 0.6 is 0 Å². The highest BCUT2D eigenvalue weighted by atomic mass is 16.2. The summed E-state index contributed by atoms with van der Waals surface area (Å²) < 4.78 is 0. The van der Waals surface area contributed by atoms with Crippen LogP contribution in [0.25, 0.3) is 0 Å². The summed E-state index contributed by atoms with van der Waals surface area (Å²) in [5, 5.41) is 6.42. The van der Waals surface area contributed by atoms with Crippen LogP contribution in [0.4, 0.5) is 0 Å². The standard InChI is InChI=1S/C13H24N2O/c1-2-10-4-3-5-12(8-10)14-9-13(16)15-11-6-7-11/h10-12,14H,2-9H2,1H3,(H,15,16). The molecule has 3 nitrogen and oxygen atoms in total. The van der Waals surface area contributed by atoms with Gasteiger partial charge in [0.2, 0.25) is 5.91 Å². The summed E-state index contributed by atoms with van der Waals surface area (Å²) in [6.07, 6.45) is 8.83. The molecule has 0 heterocycles. The van der Waals surface area contributed by atoms with Gasteiger partial charge >= 0.3 is 0 Å². The topological polar surface area (TPSA) is 41.1 Å². The molecule has 2 unspecified atom stereocenters. The van der Waals surface area contributed by atoms with Crippen LogP contribution in [0, 0.1) is 5.92 Å². The predicted molar refractivity (Wildman–Crippen MR) is 65.2 cm³/mol.